The molecule has 1 aliphatic heterocycles. The summed E-state index contributed by atoms with van der Waals surface area (Å²) in [5, 5.41) is -0.237. The lowest BCUT2D eigenvalue weighted by molar-refractivity contribution is -0.120. The van der Waals surface area contributed by atoms with Gasteiger partial charge >= 0.3 is 0 Å². The molecule has 0 radical (unpaired) electrons. The third kappa shape index (κ3) is 1.92. The first kappa shape index (κ1) is 13.4. The summed E-state index contributed by atoms with van der Waals surface area (Å²) in [6, 6.07) is 5.16. The van der Waals surface area contributed by atoms with Gasteiger partial charge in [0, 0.05) is 0 Å². The molecule has 0 saturated heterocycles. The van der Waals surface area contributed by atoms with Crippen LogP contribution in [0.2, 0.25) is 5.02 Å². The van der Waals surface area contributed by atoms with Crippen LogP contribution in [-0.4, -0.2) is 11.8 Å². The van der Waals surface area contributed by atoms with Gasteiger partial charge in [0.05, 0.1) is 10.7 Å². The third-order valence-corrected chi connectivity index (χ3v) is 3.75. The third-order valence-electron chi connectivity index (χ3n) is 2.65. The zero-order valence-electron chi connectivity index (χ0n) is 9.34. The fourth-order valence-electron chi connectivity index (χ4n) is 1.78. The first-order chi connectivity index (χ1) is 8.49. The van der Waals surface area contributed by atoms with Gasteiger partial charge in [-0.3, -0.25) is 9.59 Å². The number of imide groups is 1. The molecule has 1 heterocycles. The summed E-state index contributed by atoms with van der Waals surface area (Å²) >= 11 is 17.4. The number of amides is 2. The van der Waals surface area contributed by atoms with E-state index in [0.717, 1.165) is 10.5 Å². The molecule has 0 bridgehead atoms. The average molecular weight is 305 g/mol. The molecule has 2 amide bonds. The lowest BCUT2D eigenvalue weighted by Crippen LogP contribution is -2.32. The van der Waals surface area contributed by atoms with Crippen molar-refractivity contribution in [3.63, 3.8) is 0 Å². The van der Waals surface area contributed by atoms with Crippen LogP contribution in [0.4, 0.5) is 5.69 Å². The van der Waals surface area contributed by atoms with Crippen LogP contribution in [0.25, 0.3) is 0 Å². The predicted octanol–water partition coefficient (Wildman–Crippen LogP) is 3.46. The molecule has 3 nitrogen and oxygen atoms in total. The van der Waals surface area contributed by atoms with Gasteiger partial charge in [-0.25, -0.2) is 4.90 Å². The van der Waals surface area contributed by atoms with Gasteiger partial charge in [-0.1, -0.05) is 53.9 Å². The van der Waals surface area contributed by atoms with Crippen molar-refractivity contribution in [1.82, 2.24) is 0 Å². The van der Waals surface area contributed by atoms with E-state index in [-0.39, 0.29) is 10.1 Å². The van der Waals surface area contributed by atoms with Crippen molar-refractivity contribution in [2.45, 2.75) is 13.3 Å². The standard InChI is InChI=1S/C12H8Cl3NO2/c1-2-6-4-3-5-7(13)10(6)16-11(17)8(14)9(15)12(16)18/h3-5H,2H2,1H3. The Balaban J connectivity index is 2.59. The van der Waals surface area contributed by atoms with Gasteiger partial charge in [0.25, 0.3) is 11.8 Å². The van der Waals surface area contributed by atoms with E-state index in [9.17, 15) is 9.59 Å². The Morgan fingerprint density at radius 1 is 1.06 bits per heavy atom. The van der Waals surface area contributed by atoms with Crippen molar-refractivity contribution in [3.8, 4) is 0 Å². The summed E-state index contributed by atoms with van der Waals surface area (Å²) in [6.45, 7) is 1.90. The molecular formula is C12H8Cl3NO2. The number of carbonyl (C=O) groups excluding carboxylic acids is 2. The molecule has 0 spiro atoms. The van der Waals surface area contributed by atoms with E-state index in [0.29, 0.717) is 17.1 Å². The van der Waals surface area contributed by atoms with E-state index >= 15 is 0 Å². The predicted molar refractivity (Wildman–Crippen MR) is 72.1 cm³/mol. The van der Waals surface area contributed by atoms with E-state index in [4.69, 9.17) is 34.8 Å². The molecule has 94 valence electrons. The smallest absolute Gasteiger partial charge is 0.267 e. The number of carbonyl (C=O) groups is 2. The fourth-order valence-corrected chi connectivity index (χ4v) is 2.38. The average Bonchev–Trinajstić information content (AvgIpc) is 2.54. The molecule has 0 aliphatic carbocycles. The molecular weight excluding hydrogens is 296 g/mol. The number of rotatable bonds is 2. The molecule has 6 heteroatoms. The molecule has 18 heavy (non-hydrogen) atoms. The quantitative estimate of drug-likeness (QED) is 0.785. The number of halogens is 3. The Morgan fingerprint density at radius 2 is 1.61 bits per heavy atom. The van der Waals surface area contributed by atoms with Crippen molar-refractivity contribution < 1.29 is 9.59 Å². The normalized spacial score (nSPS) is 15.9. The SMILES string of the molecule is CCc1cccc(Cl)c1N1C(=O)C(Cl)=C(Cl)C1=O. The molecule has 1 aromatic rings. The maximum Gasteiger partial charge on any atom is 0.278 e. The van der Waals surface area contributed by atoms with Crippen LogP contribution in [0.3, 0.4) is 0 Å². The fraction of sp³-hybridized carbons (Fsp3) is 0.167. The number of para-hydroxylation sites is 1. The lowest BCUT2D eigenvalue weighted by Gasteiger charge is -2.19. The summed E-state index contributed by atoms with van der Waals surface area (Å²) in [7, 11) is 0. The minimum atomic E-state index is -0.644. The van der Waals surface area contributed by atoms with Crippen LogP contribution >= 0.6 is 34.8 Å². The maximum atomic E-state index is 11.9. The molecule has 2 rings (SSSR count). The van der Waals surface area contributed by atoms with Crippen molar-refractivity contribution in [1.29, 1.82) is 0 Å². The number of benzene rings is 1. The van der Waals surface area contributed by atoms with Crippen LogP contribution in [0.1, 0.15) is 12.5 Å². The maximum absolute atomic E-state index is 11.9. The lowest BCUT2D eigenvalue weighted by atomic mass is 10.1. The van der Waals surface area contributed by atoms with Crippen molar-refractivity contribution in [2.75, 3.05) is 4.90 Å². The van der Waals surface area contributed by atoms with Gasteiger partial charge in [-0.2, -0.15) is 0 Å². The molecule has 0 fully saturated rings. The molecule has 1 aliphatic rings. The summed E-state index contributed by atoms with van der Waals surface area (Å²) in [5.41, 5.74) is 1.13. The summed E-state index contributed by atoms with van der Waals surface area (Å²) < 4.78 is 0. The Hall–Kier alpha value is -1.03. The minimum Gasteiger partial charge on any atom is -0.267 e. The summed E-state index contributed by atoms with van der Waals surface area (Å²) in [5.74, 6) is -1.29. The van der Waals surface area contributed by atoms with Crippen molar-refractivity contribution >= 4 is 52.3 Å². The molecule has 0 N–H and O–H groups in total. The van der Waals surface area contributed by atoms with Gasteiger partial charge in [0.2, 0.25) is 0 Å². The highest BCUT2D eigenvalue weighted by Gasteiger charge is 2.39. The molecule has 0 aromatic heterocycles. The number of aryl methyl sites for hydroxylation is 1. The van der Waals surface area contributed by atoms with E-state index in [1.165, 1.54) is 0 Å². The zero-order chi connectivity index (χ0) is 13.4. The number of nitrogens with zero attached hydrogens (tertiary/aromatic N) is 1. The van der Waals surface area contributed by atoms with Crippen molar-refractivity contribution in [2.24, 2.45) is 0 Å². The number of hydrogen-bond donors (Lipinski definition) is 0. The van der Waals surface area contributed by atoms with Crippen LogP contribution in [0, 0.1) is 0 Å². The zero-order valence-corrected chi connectivity index (χ0v) is 11.6. The summed E-state index contributed by atoms with van der Waals surface area (Å²) in [6.07, 6.45) is 0.627. The largest absolute Gasteiger partial charge is 0.278 e. The van der Waals surface area contributed by atoms with Crippen molar-refractivity contribution in [3.05, 3.63) is 38.8 Å². The second-order valence-electron chi connectivity index (χ2n) is 3.67. The van der Waals surface area contributed by atoms with Gasteiger partial charge in [0.15, 0.2) is 0 Å². The van der Waals surface area contributed by atoms with E-state index in [1.807, 2.05) is 6.92 Å². The van der Waals surface area contributed by atoms with Crippen LogP contribution < -0.4 is 4.90 Å². The van der Waals surface area contributed by atoms with E-state index in [1.54, 1.807) is 18.2 Å². The van der Waals surface area contributed by atoms with Crippen LogP contribution in [0.15, 0.2) is 28.3 Å². The molecule has 0 unspecified atom stereocenters. The first-order valence-corrected chi connectivity index (χ1v) is 6.33. The monoisotopic (exact) mass is 303 g/mol. The first-order valence-electron chi connectivity index (χ1n) is 5.20. The Morgan fingerprint density at radius 3 is 2.11 bits per heavy atom. The van der Waals surface area contributed by atoms with Crippen LogP contribution in [-0.2, 0) is 16.0 Å². The highest BCUT2D eigenvalue weighted by molar-refractivity contribution is 6.62. The second kappa shape index (κ2) is 4.92. The number of anilines is 1. The summed E-state index contributed by atoms with van der Waals surface area (Å²) in [4.78, 5) is 24.8. The van der Waals surface area contributed by atoms with E-state index < -0.39 is 11.8 Å². The highest BCUT2D eigenvalue weighted by Crippen LogP contribution is 2.37. The topological polar surface area (TPSA) is 37.4 Å². The Labute approximate surface area is 119 Å². The van der Waals surface area contributed by atoms with Gasteiger partial charge in [-0.15, -0.1) is 0 Å². The Kier molecular flexibility index (Phi) is 3.66. The van der Waals surface area contributed by atoms with Gasteiger partial charge in [-0.05, 0) is 18.1 Å². The number of hydrogen-bond acceptors (Lipinski definition) is 2. The molecule has 0 saturated carbocycles. The Bertz CT molecular complexity index is 557. The van der Waals surface area contributed by atoms with Gasteiger partial charge in [0.1, 0.15) is 10.1 Å². The van der Waals surface area contributed by atoms with Crippen LogP contribution in [0.5, 0.6) is 0 Å². The highest BCUT2D eigenvalue weighted by atomic mass is 35.5. The van der Waals surface area contributed by atoms with Gasteiger partial charge < -0.3 is 0 Å². The minimum absolute atomic E-state index is 0.274. The second-order valence-corrected chi connectivity index (χ2v) is 4.84. The molecule has 0 atom stereocenters. The molecule has 1 aromatic carbocycles. The van der Waals surface area contributed by atoms with E-state index in [2.05, 4.69) is 0 Å².